The van der Waals surface area contributed by atoms with Crippen molar-refractivity contribution < 1.29 is 4.39 Å². The SMILES string of the molecule is CC1CCC(NCCn2ccc3c(F)cccc32)CC1. The molecule has 0 spiro atoms. The van der Waals surface area contributed by atoms with Crippen molar-refractivity contribution in [3.05, 3.63) is 36.3 Å². The summed E-state index contributed by atoms with van der Waals surface area (Å²) in [5.41, 5.74) is 0.990. The number of rotatable bonds is 4. The van der Waals surface area contributed by atoms with Crippen LogP contribution in [0.15, 0.2) is 30.5 Å². The minimum atomic E-state index is -0.129. The molecule has 0 atom stereocenters. The Kier molecular flexibility index (Phi) is 4.06. The third-order valence-electron chi connectivity index (χ3n) is 4.56. The van der Waals surface area contributed by atoms with Crippen molar-refractivity contribution in [1.82, 2.24) is 9.88 Å². The Bertz CT molecular complexity index is 567. The highest BCUT2D eigenvalue weighted by Gasteiger charge is 2.17. The van der Waals surface area contributed by atoms with Gasteiger partial charge in [-0.05, 0) is 49.8 Å². The van der Waals surface area contributed by atoms with E-state index in [-0.39, 0.29) is 5.82 Å². The minimum Gasteiger partial charge on any atom is -0.346 e. The number of benzene rings is 1. The molecular weight excluding hydrogens is 251 g/mol. The van der Waals surface area contributed by atoms with Gasteiger partial charge in [0, 0.05) is 30.7 Å². The normalized spacial score (nSPS) is 23.3. The number of nitrogens with one attached hydrogen (secondary N) is 1. The van der Waals surface area contributed by atoms with Crippen LogP contribution in [0.5, 0.6) is 0 Å². The van der Waals surface area contributed by atoms with Gasteiger partial charge in [-0.1, -0.05) is 13.0 Å². The molecule has 1 aliphatic carbocycles. The van der Waals surface area contributed by atoms with E-state index in [1.807, 2.05) is 18.3 Å². The zero-order chi connectivity index (χ0) is 13.9. The number of halogens is 1. The molecule has 2 aromatic rings. The first-order valence-electron chi connectivity index (χ1n) is 7.71. The van der Waals surface area contributed by atoms with E-state index in [2.05, 4.69) is 16.8 Å². The highest BCUT2D eigenvalue weighted by molar-refractivity contribution is 5.80. The third-order valence-corrected chi connectivity index (χ3v) is 4.56. The molecule has 2 nitrogen and oxygen atoms in total. The minimum absolute atomic E-state index is 0.129. The summed E-state index contributed by atoms with van der Waals surface area (Å²) < 4.78 is 15.8. The molecule has 1 aromatic heterocycles. The molecule has 20 heavy (non-hydrogen) atoms. The van der Waals surface area contributed by atoms with Crippen molar-refractivity contribution >= 4 is 10.9 Å². The summed E-state index contributed by atoms with van der Waals surface area (Å²) in [4.78, 5) is 0. The van der Waals surface area contributed by atoms with E-state index in [9.17, 15) is 4.39 Å². The van der Waals surface area contributed by atoms with E-state index in [1.165, 1.54) is 31.7 Å². The zero-order valence-corrected chi connectivity index (χ0v) is 12.1. The Morgan fingerprint density at radius 3 is 2.80 bits per heavy atom. The standard InChI is InChI=1S/C17H23FN2/c1-13-5-7-14(8-6-13)19-10-12-20-11-9-15-16(18)3-2-4-17(15)20/h2-4,9,11,13-14,19H,5-8,10,12H2,1H3. The number of fused-ring (bicyclic) bond motifs is 1. The topological polar surface area (TPSA) is 17.0 Å². The second kappa shape index (κ2) is 5.96. The maximum absolute atomic E-state index is 13.6. The molecule has 1 heterocycles. The summed E-state index contributed by atoms with van der Waals surface area (Å²) in [6.07, 6.45) is 7.26. The largest absolute Gasteiger partial charge is 0.346 e. The van der Waals surface area contributed by atoms with Crippen molar-refractivity contribution in [2.45, 2.75) is 45.2 Å². The number of hydrogen-bond donors (Lipinski definition) is 1. The van der Waals surface area contributed by atoms with Crippen LogP contribution >= 0.6 is 0 Å². The average molecular weight is 274 g/mol. The fraction of sp³-hybridized carbons (Fsp3) is 0.529. The Morgan fingerprint density at radius 1 is 1.20 bits per heavy atom. The molecule has 0 radical (unpaired) electrons. The van der Waals surface area contributed by atoms with E-state index < -0.39 is 0 Å². The van der Waals surface area contributed by atoms with Crippen LogP contribution in [0.2, 0.25) is 0 Å². The molecule has 1 aliphatic rings. The molecule has 1 N–H and O–H groups in total. The maximum atomic E-state index is 13.6. The summed E-state index contributed by atoms with van der Waals surface area (Å²) in [6, 6.07) is 7.83. The first-order chi connectivity index (χ1) is 9.74. The van der Waals surface area contributed by atoms with Crippen LogP contribution in [0, 0.1) is 11.7 Å². The number of aromatic nitrogens is 1. The van der Waals surface area contributed by atoms with Gasteiger partial charge in [0.2, 0.25) is 0 Å². The molecule has 0 aliphatic heterocycles. The smallest absolute Gasteiger partial charge is 0.132 e. The molecule has 1 fully saturated rings. The van der Waals surface area contributed by atoms with Crippen molar-refractivity contribution in [1.29, 1.82) is 0 Å². The van der Waals surface area contributed by atoms with Gasteiger partial charge in [-0.15, -0.1) is 0 Å². The van der Waals surface area contributed by atoms with E-state index in [4.69, 9.17) is 0 Å². The van der Waals surface area contributed by atoms with Gasteiger partial charge < -0.3 is 9.88 Å². The lowest BCUT2D eigenvalue weighted by molar-refractivity contribution is 0.305. The first kappa shape index (κ1) is 13.6. The summed E-state index contributed by atoms with van der Waals surface area (Å²) in [6.45, 7) is 4.20. The summed E-state index contributed by atoms with van der Waals surface area (Å²) in [5.74, 6) is 0.764. The van der Waals surface area contributed by atoms with Gasteiger partial charge in [0.1, 0.15) is 5.82 Å². The van der Waals surface area contributed by atoms with Gasteiger partial charge in [-0.2, -0.15) is 0 Å². The number of nitrogens with zero attached hydrogens (tertiary/aromatic N) is 1. The van der Waals surface area contributed by atoms with Crippen LogP contribution < -0.4 is 5.32 Å². The lowest BCUT2D eigenvalue weighted by atomic mass is 9.87. The van der Waals surface area contributed by atoms with Crippen LogP contribution in [-0.4, -0.2) is 17.2 Å². The van der Waals surface area contributed by atoms with Crippen molar-refractivity contribution in [2.75, 3.05) is 6.54 Å². The van der Waals surface area contributed by atoms with Crippen molar-refractivity contribution in [3.8, 4) is 0 Å². The molecule has 0 amide bonds. The van der Waals surface area contributed by atoms with E-state index in [1.54, 1.807) is 6.07 Å². The quantitative estimate of drug-likeness (QED) is 0.893. The predicted molar refractivity (Wildman–Crippen MR) is 81.3 cm³/mol. The Morgan fingerprint density at radius 2 is 2.00 bits per heavy atom. The van der Waals surface area contributed by atoms with Crippen LogP contribution in [0.25, 0.3) is 10.9 Å². The average Bonchev–Trinajstić information content (AvgIpc) is 2.86. The molecule has 3 heteroatoms. The number of hydrogen-bond acceptors (Lipinski definition) is 1. The van der Waals surface area contributed by atoms with Gasteiger partial charge in [0.05, 0.1) is 5.52 Å². The van der Waals surface area contributed by atoms with E-state index in [0.717, 1.165) is 29.9 Å². The molecule has 0 saturated heterocycles. The van der Waals surface area contributed by atoms with Gasteiger partial charge in [-0.25, -0.2) is 4.39 Å². The van der Waals surface area contributed by atoms with Crippen molar-refractivity contribution in [2.24, 2.45) is 5.92 Å². The Balaban J connectivity index is 1.56. The molecular formula is C17H23FN2. The van der Waals surface area contributed by atoms with Crippen LogP contribution in [0.3, 0.4) is 0 Å². The molecule has 1 aromatic carbocycles. The lowest BCUT2D eigenvalue weighted by Gasteiger charge is -2.27. The predicted octanol–water partition coefficient (Wildman–Crippen LogP) is 3.95. The van der Waals surface area contributed by atoms with Gasteiger partial charge in [-0.3, -0.25) is 0 Å². The van der Waals surface area contributed by atoms with E-state index >= 15 is 0 Å². The van der Waals surface area contributed by atoms with E-state index in [0.29, 0.717) is 6.04 Å². The highest BCUT2D eigenvalue weighted by atomic mass is 19.1. The van der Waals surface area contributed by atoms with Crippen LogP contribution in [-0.2, 0) is 6.54 Å². The molecule has 3 rings (SSSR count). The third kappa shape index (κ3) is 2.88. The maximum Gasteiger partial charge on any atom is 0.132 e. The van der Waals surface area contributed by atoms with Crippen molar-refractivity contribution in [3.63, 3.8) is 0 Å². The lowest BCUT2D eigenvalue weighted by Crippen LogP contribution is -2.34. The molecule has 108 valence electrons. The fourth-order valence-electron chi connectivity index (χ4n) is 3.23. The summed E-state index contributed by atoms with van der Waals surface area (Å²) in [7, 11) is 0. The molecule has 0 unspecified atom stereocenters. The summed E-state index contributed by atoms with van der Waals surface area (Å²) >= 11 is 0. The Hall–Kier alpha value is -1.35. The van der Waals surface area contributed by atoms with Gasteiger partial charge >= 0.3 is 0 Å². The molecule has 1 saturated carbocycles. The molecule has 0 bridgehead atoms. The highest BCUT2D eigenvalue weighted by Crippen LogP contribution is 2.23. The summed E-state index contributed by atoms with van der Waals surface area (Å²) in [5, 5.41) is 4.37. The van der Waals surface area contributed by atoms with Gasteiger partial charge in [0.15, 0.2) is 0 Å². The zero-order valence-electron chi connectivity index (χ0n) is 12.1. The second-order valence-corrected chi connectivity index (χ2v) is 6.09. The first-order valence-corrected chi connectivity index (χ1v) is 7.71. The second-order valence-electron chi connectivity index (χ2n) is 6.09. The monoisotopic (exact) mass is 274 g/mol. The van der Waals surface area contributed by atoms with Gasteiger partial charge in [0.25, 0.3) is 0 Å². The van der Waals surface area contributed by atoms with Crippen LogP contribution in [0.1, 0.15) is 32.6 Å². The van der Waals surface area contributed by atoms with Crippen LogP contribution in [0.4, 0.5) is 4.39 Å². The fourth-order valence-corrected chi connectivity index (χ4v) is 3.23. The Labute approximate surface area is 120 Å².